The summed E-state index contributed by atoms with van der Waals surface area (Å²) >= 11 is 0. The molecule has 3 rings (SSSR count). The molecule has 0 radical (unpaired) electrons. The van der Waals surface area contributed by atoms with Crippen LogP contribution in [0.4, 0.5) is 10.1 Å². The Morgan fingerprint density at radius 3 is 2.95 bits per heavy atom. The van der Waals surface area contributed by atoms with Gasteiger partial charge in [-0.05, 0) is 44.5 Å². The van der Waals surface area contributed by atoms with Crippen LogP contribution >= 0.6 is 0 Å². The molecule has 2 heterocycles. The summed E-state index contributed by atoms with van der Waals surface area (Å²) in [5.41, 5.74) is 7.01. The van der Waals surface area contributed by atoms with E-state index in [0.29, 0.717) is 17.6 Å². The number of fused-ring (bicyclic) bond motifs is 1. The smallest absolute Gasteiger partial charge is 0.125 e. The Labute approximate surface area is 118 Å². The van der Waals surface area contributed by atoms with Crippen LogP contribution < -0.4 is 10.6 Å². The molecule has 2 atom stereocenters. The third-order valence-electron chi connectivity index (χ3n) is 4.50. The molecule has 0 bridgehead atoms. The molecule has 0 spiro atoms. The predicted octanol–water partition coefficient (Wildman–Crippen LogP) is 1.78. The van der Waals surface area contributed by atoms with Crippen LogP contribution in [0.15, 0.2) is 18.2 Å². The van der Waals surface area contributed by atoms with E-state index in [1.807, 2.05) is 0 Å². The fraction of sp³-hybridized carbons (Fsp3) is 0.533. The minimum atomic E-state index is -0.342. The van der Waals surface area contributed by atoms with Gasteiger partial charge in [0.2, 0.25) is 0 Å². The molecule has 1 aromatic carbocycles. The number of piperazine rings is 1. The van der Waals surface area contributed by atoms with Crippen molar-refractivity contribution in [3.63, 3.8) is 0 Å². The highest BCUT2D eigenvalue weighted by Gasteiger charge is 2.35. The zero-order valence-corrected chi connectivity index (χ0v) is 11.8. The highest BCUT2D eigenvalue weighted by atomic mass is 19.1. The SMILES string of the molecule is CC1CN2CCCC2CN1c1ccc(F)cc1C(=N)N. The minimum absolute atomic E-state index is 0.0689. The van der Waals surface area contributed by atoms with Crippen LogP contribution in [0.5, 0.6) is 0 Å². The van der Waals surface area contributed by atoms with Crippen molar-refractivity contribution in [1.82, 2.24) is 4.90 Å². The van der Waals surface area contributed by atoms with Gasteiger partial charge < -0.3 is 10.6 Å². The average molecular weight is 276 g/mol. The van der Waals surface area contributed by atoms with Crippen LogP contribution in [0.2, 0.25) is 0 Å². The maximum Gasteiger partial charge on any atom is 0.125 e. The van der Waals surface area contributed by atoms with E-state index in [9.17, 15) is 4.39 Å². The van der Waals surface area contributed by atoms with Gasteiger partial charge in [0.25, 0.3) is 0 Å². The second-order valence-electron chi connectivity index (χ2n) is 5.87. The number of nitrogens with two attached hydrogens (primary N) is 1. The van der Waals surface area contributed by atoms with Crippen molar-refractivity contribution in [3.8, 4) is 0 Å². The monoisotopic (exact) mass is 276 g/mol. The lowest BCUT2D eigenvalue weighted by molar-refractivity contribution is 0.203. The number of amidine groups is 1. The van der Waals surface area contributed by atoms with E-state index < -0.39 is 0 Å². The molecule has 2 aliphatic heterocycles. The van der Waals surface area contributed by atoms with Gasteiger partial charge in [-0.2, -0.15) is 0 Å². The molecule has 0 amide bonds. The van der Waals surface area contributed by atoms with Crippen LogP contribution in [0.3, 0.4) is 0 Å². The van der Waals surface area contributed by atoms with Crippen molar-refractivity contribution in [2.24, 2.45) is 5.73 Å². The lowest BCUT2D eigenvalue weighted by Crippen LogP contribution is -2.55. The van der Waals surface area contributed by atoms with Crippen LogP contribution in [-0.2, 0) is 0 Å². The van der Waals surface area contributed by atoms with Gasteiger partial charge in [-0.15, -0.1) is 0 Å². The topological polar surface area (TPSA) is 56.4 Å². The zero-order valence-electron chi connectivity index (χ0n) is 11.8. The van der Waals surface area contributed by atoms with Crippen LogP contribution in [0.25, 0.3) is 0 Å². The number of hydrogen-bond acceptors (Lipinski definition) is 3. The first-order valence-electron chi connectivity index (χ1n) is 7.21. The number of nitrogens with one attached hydrogen (secondary N) is 1. The number of rotatable bonds is 2. The Balaban J connectivity index is 1.93. The van der Waals surface area contributed by atoms with Gasteiger partial charge in [0, 0.05) is 36.4 Å². The Bertz CT molecular complexity index is 531. The molecule has 5 heteroatoms. The molecule has 20 heavy (non-hydrogen) atoms. The molecule has 2 unspecified atom stereocenters. The van der Waals surface area contributed by atoms with E-state index in [2.05, 4.69) is 16.7 Å². The summed E-state index contributed by atoms with van der Waals surface area (Å²) in [6.07, 6.45) is 2.48. The summed E-state index contributed by atoms with van der Waals surface area (Å²) in [7, 11) is 0. The summed E-state index contributed by atoms with van der Waals surface area (Å²) in [5.74, 6) is -0.411. The minimum Gasteiger partial charge on any atom is -0.384 e. The Morgan fingerprint density at radius 2 is 2.20 bits per heavy atom. The van der Waals surface area contributed by atoms with Gasteiger partial charge in [0.1, 0.15) is 11.7 Å². The van der Waals surface area contributed by atoms with Crippen LogP contribution in [0, 0.1) is 11.2 Å². The molecule has 4 nitrogen and oxygen atoms in total. The first kappa shape index (κ1) is 13.4. The summed E-state index contributed by atoms with van der Waals surface area (Å²) < 4.78 is 13.4. The van der Waals surface area contributed by atoms with Gasteiger partial charge in [0.05, 0.1) is 0 Å². The number of benzene rings is 1. The Kier molecular flexibility index (Phi) is 3.38. The normalized spacial score (nSPS) is 26.6. The first-order chi connectivity index (χ1) is 9.56. The van der Waals surface area contributed by atoms with Crippen molar-refractivity contribution < 1.29 is 4.39 Å². The first-order valence-corrected chi connectivity index (χ1v) is 7.21. The van der Waals surface area contributed by atoms with E-state index in [0.717, 1.165) is 18.8 Å². The molecule has 0 aromatic heterocycles. The van der Waals surface area contributed by atoms with Crippen LogP contribution in [-0.4, -0.2) is 42.5 Å². The molecular formula is C15H21FN4. The molecular weight excluding hydrogens is 255 g/mol. The zero-order chi connectivity index (χ0) is 14.3. The van der Waals surface area contributed by atoms with Crippen molar-refractivity contribution >= 4 is 11.5 Å². The maximum absolute atomic E-state index is 13.4. The maximum atomic E-state index is 13.4. The molecule has 2 saturated heterocycles. The highest BCUT2D eigenvalue weighted by molar-refractivity contribution is 6.00. The highest BCUT2D eigenvalue weighted by Crippen LogP contribution is 2.30. The Morgan fingerprint density at radius 1 is 1.40 bits per heavy atom. The number of nitrogen functional groups attached to an aromatic ring is 1. The quantitative estimate of drug-likeness (QED) is 0.639. The summed E-state index contributed by atoms with van der Waals surface area (Å²) in [4.78, 5) is 4.82. The van der Waals surface area contributed by atoms with E-state index >= 15 is 0 Å². The van der Waals surface area contributed by atoms with E-state index in [4.69, 9.17) is 11.1 Å². The summed E-state index contributed by atoms with van der Waals surface area (Å²) in [5, 5.41) is 7.68. The van der Waals surface area contributed by atoms with Crippen LogP contribution in [0.1, 0.15) is 25.3 Å². The number of hydrogen-bond donors (Lipinski definition) is 2. The molecule has 3 N–H and O–H groups in total. The van der Waals surface area contributed by atoms with E-state index in [1.54, 1.807) is 6.07 Å². The Hall–Kier alpha value is -1.62. The molecule has 0 aliphatic carbocycles. The van der Waals surface area contributed by atoms with Gasteiger partial charge >= 0.3 is 0 Å². The summed E-state index contributed by atoms with van der Waals surface area (Å²) in [6.45, 7) is 5.33. The van der Waals surface area contributed by atoms with Crippen molar-refractivity contribution in [2.45, 2.75) is 31.8 Å². The second kappa shape index (κ2) is 5.05. The fourth-order valence-corrected chi connectivity index (χ4v) is 3.50. The number of halogens is 1. The third-order valence-corrected chi connectivity index (χ3v) is 4.50. The standard InChI is InChI=1S/C15H21FN4/c1-10-8-19-6-2-3-12(19)9-20(10)14-5-4-11(16)7-13(14)15(17)18/h4-5,7,10,12H,2-3,6,8-9H2,1H3,(H3,17,18). The lowest BCUT2D eigenvalue weighted by Gasteiger charge is -2.44. The molecule has 0 saturated carbocycles. The fourth-order valence-electron chi connectivity index (χ4n) is 3.50. The van der Waals surface area contributed by atoms with Gasteiger partial charge in [-0.3, -0.25) is 10.3 Å². The number of anilines is 1. The average Bonchev–Trinajstić information content (AvgIpc) is 2.85. The molecule has 2 aliphatic rings. The molecule has 2 fully saturated rings. The van der Waals surface area contributed by atoms with Crippen molar-refractivity contribution in [1.29, 1.82) is 5.41 Å². The van der Waals surface area contributed by atoms with Crippen molar-refractivity contribution in [2.75, 3.05) is 24.5 Å². The van der Waals surface area contributed by atoms with Crippen molar-refractivity contribution in [3.05, 3.63) is 29.6 Å². The van der Waals surface area contributed by atoms with E-state index in [1.165, 1.54) is 31.5 Å². The third kappa shape index (κ3) is 2.26. The molecule has 108 valence electrons. The molecule has 1 aromatic rings. The lowest BCUT2D eigenvalue weighted by atomic mass is 10.0. The largest absolute Gasteiger partial charge is 0.384 e. The van der Waals surface area contributed by atoms with Gasteiger partial charge in [-0.1, -0.05) is 0 Å². The predicted molar refractivity (Wildman–Crippen MR) is 78.8 cm³/mol. The summed E-state index contributed by atoms with van der Waals surface area (Å²) in [6, 6.07) is 5.51. The number of nitrogens with zero attached hydrogens (tertiary/aromatic N) is 2. The second-order valence-corrected chi connectivity index (χ2v) is 5.87. The van der Waals surface area contributed by atoms with Gasteiger partial charge in [-0.25, -0.2) is 4.39 Å². The van der Waals surface area contributed by atoms with E-state index in [-0.39, 0.29) is 11.7 Å². The van der Waals surface area contributed by atoms with Gasteiger partial charge in [0.15, 0.2) is 0 Å².